The number of aryl methyl sites for hydroxylation is 1. The minimum Gasteiger partial charge on any atom is -0.476 e. The second kappa shape index (κ2) is 4.24. The lowest BCUT2D eigenvalue weighted by molar-refractivity contribution is 0.0691. The third kappa shape index (κ3) is 1.97. The Hall–Kier alpha value is -2.62. The Balaban J connectivity index is 2.16. The van der Waals surface area contributed by atoms with Crippen molar-refractivity contribution in [2.45, 2.75) is 6.92 Å². The molecule has 0 spiro atoms. The van der Waals surface area contributed by atoms with E-state index in [-0.39, 0.29) is 5.69 Å². The largest absolute Gasteiger partial charge is 0.476 e. The van der Waals surface area contributed by atoms with Gasteiger partial charge in [-0.1, -0.05) is 24.3 Å². The molecule has 4 nitrogen and oxygen atoms in total. The number of aromatic carboxylic acids is 1. The highest BCUT2D eigenvalue weighted by Crippen LogP contribution is 2.23. The molecule has 0 aliphatic carbocycles. The van der Waals surface area contributed by atoms with Crippen LogP contribution in [0.4, 0.5) is 0 Å². The fourth-order valence-electron chi connectivity index (χ4n) is 2.15. The molecular weight excluding hydrogens is 240 g/mol. The van der Waals surface area contributed by atoms with Crippen molar-refractivity contribution < 1.29 is 9.90 Å². The van der Waals surface area contributed by atoms with E-state index >= 15 is 0 Å². The molecular formula is C15H12N2O2. The normalized spacial score (nSPS) is 10.8. The van der Waals surface area contributed by atoms with Crippen LogP contribution in [-0.4, -0.2) is 20.5 Å². The molecule has 0 amide bonds. The molecule has 0 radical (unpaired) electrons. The summed E-state index contributed by atoms with van der Waals surface area (Å²) in [6.45, 7) is 2.05. The number of pyridine rings is 1. The van der Waals surface area contributed by atoms with Crippen molar-refractivity contribution in [3.05, 3.63) is 60.0 Å². The molecule has 94 valence electrons. The summed E-state index contributed by atoms with van der Waals surface area (Å²) in [4.78, 5) is 14.9. The maximum Gasteiger partial charge on any atom is 0.356 e. The molecule has 0 saturated carbocycles. The minimum atomic E-state index is -1.01. The first kappa shape index (κ1) is 11.5. The van der Waals surface area contributed by atoms with E-state index in [4.69, 9.17) is 5.11 Å². The zero-order valence-corrected chi connectivity index (χ0v) is 10.4. The van der Waals surface area contributed by atoms with E-state index in [1.54, 1.807) is 4.40 Å². The molecule has 0 fully saturated rings. The number of fused-ring (bicyclic) bond motifs is 1. The molecule has 3 aromatic rings. The first-order valence-electron chi connectivity index (χ1n) is 5.93. The lowest BCUT2D eigenvalue weighted by Crippen LogP contribution is -1.94. The predicted molar refractivity (Wildman–Crippen MR) is 72.3 cm³/mol. The van der Waals surface area contributed by atoms with Gasteiger partial charge in [-0.3, -0.25) is 0 Å². The number of hydrogen-bond acceptors (Lipinski definition) is 2. The summed E-state index contributed by atoms with van der Waals surface area (Å²) >= 11 is 0. The van der Waals surface area contributed by atoms with Crippen LogP contribution in [0.25, 0.3) is 16.8 Å². The van der Waals surface area contributed by atoms with E-state index in [2.05, 4.69) is 18.0 Å². The average Bonchev–Trinajstić information content (AvgIpc) is 2.82. The Morgan fingerprint density at radius 1 is 1.16 bits per heavy atom. The van der Waals surface area contributed by atoms with Crippen LogP contribution in [0.15, 0.2) is 48.8 Å². The maximum absolute atomic E-state index is 10.9. The quantitative estimate of drug-likeness (QED) is 0.762. The van der Waals surface area contributed by atoms with Crippen LogP contribution in [0.1, 0.15) is 16.1 Å². The molecule has 0 saturated heterocycles. The van der Waals surface area contributed by atoms with Crippen LogP contribution in [0.2, 0.25) is 0 Å². The Labute approximate surface area is 110 Å². The van der Waals surface area contributed by atoms with Crippen molar-refractivity contribution in [1.82, 2.24) is 9.38 Å². The number of aromatic nitrogens is 2. The standard InChI is InChI=1S/C15H12N2O2/c1-10-4-2-3-5-12(10)11-6-7-14-16-13(15(18)19)9-17(14)8-11/h2-9H,1H3,(H,18,19). The second-order valence-corrected chi connectivity index (χ2v) is 4.43. The fourth-order valence-corrected chi connectivity index (χ4v) is 2.15. The number of hydrogen-bond donors (Lipinski definition) is 1. The average molecular weight is 252 g/mol. The molecule has 0 aliphatic rings. The van der Waals surface area contributed by atoms with Gasteiger partial charge in [0.05, 0.1) is 0 Å². The van der Waals surface area contributed by atoms with Crippen LogP contribution in [0, 0.1) is 6.92 Å². The molecule has 19 heavy (non-hydrogen) atoms. The van der Waals surface area contributed by atoms with Crippen LogP contribution < -0.4 is 0 Å². The van der Waals surface area contributed by atoms with E-state index in [1.165, 1.54) is 11.8 Å². The molecule has 3 rings (SSSR count). The number of carboxylic acids is 1. The van der Waals surface area contributed by atoms with Crippen molar-refractivity contribution in [2.24, 2.45) is 0 Å². The Morgan fingerprint density at radius 3 is 2.68 bits per heavy atom. The highest BCUT2D eigenvalue weighted by molar-refractivity contribution is 5.86. The van der Waals surface area contributed by atoms with Gasteiger partial charge in [-0.05, 0) is 35.7 Å². The van der Waals surface area contributed by atoms with Gasteiger partial charge in [-0.25, -0.2) is 9.78 Å². The number of carbonyl (C=O) groups is 1. The van der Waals surface area contributed by atoms with E-state index in [1.807, 2.05) is 36.5 Å². The minimum absolute atomic E-state index is 0.0573. The van der Waals surface area contributed by atoms with Gasteiger partial charge in [0.1, 0.15) is 5.65 Å². The zero-order chi connectivity index (χ0) is 13.4. The highest BCUT2D eigenvalue weighted by atomic mass is 16.4. The number of rotatable bonds is 2. The lowest BCUT2D eigenvalue weighted by atomic mass is 10.0. The Morgan fingerprint density at radius 2 is 1.95 bits per heavy atom. The van der Waals surface area contributed by atoms with Gasteiger partial charge >= 0.3 is 5.97 Å². The SMILES string of the molecule is Cc1ccccc1-c1ccc2nc(C(=O)O)cn2c1. The van der Waals surface area contributed by atoms with Gasteiger partial charge in [0.25, 0.3) is 0 Å². The summed E-state index contributed by atoms with van der Waals surface area (Å²) in [5.41, 5.74) is 4.05. The summed E-state index contributed by atoms with van der Waals surface area (Å²) in [7, 11) is 0. The van der Waals surface area contributed by atoms with Crippen molar-refractivity contribution in [2.75, 3.05) is 0 Å². The Kier molecular flexibility index (Phi) is 2.56. The summed E-state index contributed by atoms with van der Waals surface area (Å²) in [5, 5.41) is 8.94. The molecule has 2 aromatic heterocycles. The number of benzene rings is 1. The third-order valence-corrected chi connectivity index (χ3v) is 3.13. The second-order valence-electron chi connectivity index (χ2n) is 4.43. The number of carboxylic acid groups (broad SMARTS) is 1. The van der Waals surface area contributed by atoms with Gasteiger partial charge < -0.3 is 9.51 Å². The van der Waals surface area contributed by atoms with Crippen LogP contribution in [0.3, 0.4) is 0 Å². The van der Waals surface area contributed by atoms with E-state index < -0.39 is 5.97 Å². The highest BCUT2D eigenvalue weighted by Gasteiger charge is 2.09. The predicted octanol–water partition coefficient (Wildman–Crippen LogP) is 3.01. The maximum atomic E-state index is 10.9. The topological polar surface area (TPSA) is 54.6 Å². The van der Waals surface area contributed by atoms with Crippen molar-refractivity contribution in [3.8, 4) is 11.1 Å². The van der Waals surface area contributed by atoms with E-state index in [0.29, 0.717) is 5.65 Å². The van der Waals surface area contributed by atoms with Crippen molar-refractivity contribution >= 4 is 11.6 Å². The first-order valence-corrected chi connectivity index (χ1v) is 5.93. The molecule has 2 heterocycles. The van der Waals surface area contributed by atoms with Crippen molar-refractivity contribution in [3.63, 3.8) is 0 Å². The zero-order valence-electron chi connectivity index (χ0n) is 10.4. The molecule has 0 bridgehead atoms. The van der Waals surface area contributed by atoms with Crippen LogP contribution in [-0.2, 0) is 0 Å². The molecule has 1 N–H and O–H groups in total. The summed E-state index contributed by atoms with van der Waals surface area (Å²) < 4.78 is 1.74. The number of imidazole rings is 1. The smallest absolute Gasteiger partial charge is 0.356 e. The van der Waals surface area contributed by atoms with E-state index in [9.17, 15) is 4.79 Å². The third-order valence-electron chi connectivity index (χ3n) is 3.13. The lowest BCUT2D eigenvalue weighted by Gasteiger charge is -2.05. The summed E-state index contributed by atoms with van der Waals surface area (Å²) in [5.74, 6) is -1.01. The monoisotopic (exact) mass is 252 g/mol. The van der Waals surface area contributed by atoms with E-state index in [0.717, 1.165) is 11.1 Å². The fraction of sp³-hybridized carbons (Fsp3) is 0.0667. The Bertz CT molecular complexity index is 775. The molecule has 1 aromatic carbocycles. The van der Waals surface area contributed by atoms with Crippen molar-refractivity contribution in [1.29, 1.82) is 0 Å². The van der Waals surface area contributed by atoms with Gasteiger partial charge in [-0.2, -0.15) is 0 Å². The van der Waals surface area contributed by atoms with Crippen LogP contribution >= 0.6 is 0 Å². The molecule has 0 aliphatic heterocycles. The van der Waals surface area contributed by atoms with Gasteiger partial charge in [0.15, 0.2) is 5.69 Å². The van der Waals surface area contributed by atoms with Gasteiger partial charge in [0, 0.05) is 12.4 Å². The van der Waals surface area contributed by atoms with Crippen LogP contribution in [0.5, 0.6) is 0 Å². The number of nitrogens with zero attached hydrogens (tertiary/aromatic N) is 2. The van der Waals surface area contributed by atoms with Gasteiger partial charge in [0.2, 0.25) is 0 Å². The molecule has 0 atom stereocenters. The summed E-state index contributed by atoms with van der Waals surface area (Å²) in [6.07, 6.45) is 3.43. The first-order chi connectivity index (χ1) is 9.15. The summed E-state index contributed by atoms with van der Waals surface area (Å²) in [6, 6.07) is 11.9. The molecule has 0 unspecified atom stereocenters. The molecule has 4 heteroatoms. The van der Waals surface area contributed by atoms with Gasteiger partial charge in [-0.15, -0.1) is 0 Å².